The maximum absolute atomic E-state index is 11.5. The molecule has 0 atom stereocenters. The number of non-ortho nitro benzene ring substituents is 1. The lowest BCUT2D eigenvalue weighted by Crippen LogP contribution is -2.12. The Labute approximate surface area is 181 Å². The lowest BCUT2D eigenvalue weighted by molar-refractivity contribution is -0.384. The number of nitrogens with one attached hydrogen (secondary N) is 1. The quantitative estimate of drug-likeness (QED) is 0.318. The molecule has 0 unspecified atom stereocenters. The van der Waals surface area contributed by atoms with Gasteiger partial charge in [0.15, 0.2) is 0 Å². The van der Waals surface area contributed by atoms with Gasteiger partial charge in [-0.2, -0.15) is 5.10 Å². The summed E-state index contributed by atoms with van der Waals surface area (Å²) in [6.07, 6.45) is 1.99. The van der Waals surface area contributed by atoms with E-state index in [1.165, 1.54) is 22.4 Å². The number of anilines is 1. The van der Waals surface area contributed by atoms with Crippen molar-refractivity contribution in [3.05, 3.63) is 88.1 Å². The van der Waals surface area contributed by atoms with Gasteiger partial charge in [-0.05, 0) is 27.8 Å². The number of hydrogen-bond donors (Lipinski definition) is 1. The first-order valence-electron chi connectivity index (χ1n) is 10.3. The van der Waals surface area contributed by atoms with Crippen molar-refractivity contribution in [3.8, 4) is 11.3 Å². The van der Waals surface area contributed by atoms with Gasteiger partial charge < -0.3 is 5.32 Å². The van der Waals surface area contributed by atoms with Crippen LogP contribution in [0.4, 0.5) is 11.4 Å². The van der Waals surface area contributed by atoms with E-state index in [4.69, 9.17) is 0 Å². The maximum Gasteiger partial charge on any atom is 0.270 e. The molecule has 1 aromatic heterocycles. The standard InChI is InChI=1S/C25H26N4O2/c1-25(2,3)22-16-28(4)27-24(22)21-14-19(29(30)31)12-13-23(21)26-15-18-10-7-9-17-8-5-6-11-20(17)18/h5-14,16,26H,15H2,1-4H3. The van der Waals surface area contributed by atoms with Crippen molar-refractivity contribution in [3.63, 3.8) is 0 Å². The van der Waals surface area contributed by atoms with Gasteiger partial charge in [-0.3, -0.25) is 14.8 Å². The number of fused-ring (bicyclic) bond motifs is 1. The molecule has 0 bridgehead atoms. The van der Waals surface area contributed by atoms with Crippen LogP contribution in [0.1, 0.15) is 31.9 Å². The molecule has 4 aromatic rings. The predicted octanol–water partition coefficient (Wildman–Crippen LogP) is 6.06. The summed E-state index contributed by atoms with van der Waals surface area (Å²) in [7, 11) is 1.87. The molecule has 0 aliphatic carbocycles. The number of aryl methyl sites for hydroxylation is 1. The van der Waals surface area contributed by atoms with Crippen LogP contribution in [0.5, 0.6) is 0 Å². The van der Waals surface area contributed by atoms with Crippen LogP contribution in [0.3, 0.4) is 0 Å². The van der Waals surface area contributed by atoms with E-state index in [0.29, 0.717) is 6.54 Å². The van der Waals surface area contributed by atoms with Gasteiger partial charge in [0, 0.05) is 48.7 Å². The molecule has 1 heterocycles. The van der Waals surface area contributed by atoms with Gasteiger partial charge in [0.1, 0.15) is 0 Å². The summed E-state index contributed by atoms with van der Waals surface area (Å²) in [6.45, 7) is 6.96. The second-order valence-electron chi connectivity index (χ2n) is 8.79. The minimum absolute atomic E-state index is 0.0521. The zero-order valence-electron chi connectivity index (χ0n) is 18.2. The molecule has 6 heteroatoms. The van der Waals surface area contributed by atoms with E-state index in [0.717, 1.165) is 22.5 Å². The molecule has 1 N–H and O–H groups in total. The highest BCUT2D eigenvalue weighted by atomic mass is 16.6. The molecule has 31 heavy (non-hydrogen) atoms. The Morgan fingerprint density at radius 2 is 1.81 bits per heavy atom. The van der Waals surface area contributed by atoms with Crippen LogP contribution in [-0.2, 0) is 19.0 Å². The summed E-state index contributed by atoms with van der Waals surface area (Å²) < 4.78 is 1.77. The smallest absolute Gasteiger partial charge is 0.270 e. The summed E-state index contributed by atoms with van der Waals surface area (Å²) in [4.78, 5) is 11.1. The minimum Gasteiger partial charge on any atom is -0.380 e. The Bertz CT molecular complexity index is 1260. The lowest BCUT2D eigenvalue weighted by Gasteiger charge is -2.20. The maximum atomic E-state index is 11.5. The van der Waals surface area contributed by atoms with E-state index in [1.54, 1.807) is 16.8 Å². The van der Waals surface area contributed by atoms with Crippen molar-refractivity contribution in [1.29, 1.82) is 0 Å². The summed E-state index contributed by atoms with van der Waals surface area (Å²) >= 11 is 0. The lowest BCUT2D eigenvalue weighted by atomic mass is 9.85. The summed E-state index contributed by atoms with van der Waals surface area (Å²) in [5.41, 5.74) is 4.43. The summed E-state index contributed by atoms with van der Waals surface area (Å²) in [6, 6.07) is 19.4. The Morgan fingerprint density at radius 3 is 2.55 bits per heavy atom. The van der Waals surface area contributed by atoms with Gasteiger partial charge in [-0.15, -0.1) is 0 Å². The average Bonchev–Trinajstić information content (AvgIpc) is 3.14. The highest BCUT2D eigenvalue weighted by Crippen LogP contribution is 2.37. The highest BCUT2D eigenvalue weighted by molar-refractivity contribution is 5.86. The van der Waals surface area contributed by atoms with Crippen molar-refractivity contribution in [2.45, 2.75) is 32.7 Å². The molecule has 0 saturated carbocycles. The largest absolute Gasteiger partial charge is 0.380 e. The zero-order chi connectivity index (χ0) is 22.2. The molecule has 0 aliphatic heterocycles. The Morgan fingerprint density at radius 1 is 1.06 bits per heavy atom. The fourth-order valence-corrected chi connectivity index (χ4v) is 3.87. The van der Waals surface area contributed by atoms with Crippen LogP contribution in [0.15, 0.2) is 66.9 Å². The molecule has 0 aliphatic rings. The first-order chi connectivity index (χ1) is 14.7. The fraction of sp³-hybridized carbons (Fsp3) is 0.240. The number of hydrogen-bond acceptors (Lipinski definition) is 4. The Kier molecular flexibility index (Phi) is 5.23. The van der Waals surface area contributed by atoms with E-state index < -0.39 is 0 Å². The molecule has 0 saturated heterocycles. The third kappa shape index (κ3) is 4.14. The van der Waals surface area contributed by atoms with Crippen LogP contribution >= 0.6 is 0 Å². The SMILES string of the molecule is Cn1cc(C(C)(C)C)c(-c2cc([N+](=O)[O-])ccc2NCc2cccc3ccccc23)n1. The Balaban J connectivity index is 1.78. The topological polar surface area (TPSA) is 73.0 Å². The van der Waals surface area contributed by atoms with E-state index in [-0.39, 0.29) is 16.0 Å². The average molecular weight is 415 g/mol. The molecule has 0 fully saturated rings. The van der Waals surface area contributed by atoms with Crippen LogP contribution in [-0.4, -0.2) is 14.7 Å². The number of nitro groups is 1. The molecule has 0 amide bonds. The number of nitrogens with zero attached hydrogens (tertiary/aromatic N) is 3. The second kappa shape index (κ2) is 7.87. The minimum atomic E-state index is -0.363. The number of aromatic nitrogens is 2. The third-order valence-corrected chi connectivity index (χ3v) is 5.46. The number of benzene rings is 3. The highest BCUT2D eigenvalue weighted by Gasteiger charge is 2.25. The van der Waals surface area contributed by atoms with Crippen LogP contribution in [0.25, 0.3) is 22.0 Å². The zero-order valence-corrected chi connectivity index (χ0v) is 18.2. The monoisotopic (exact) mass is 414 g/mol. The molecular weight excluding hydrogens is 388 g/mol. The molecule has 6 nitrogen and oxygen atoms in total. The number of nitro benzene ring substituents is 1. The molecule has 0 radical (unpaired) electrons. The summed E-state index contributed by atoms with van der Waals surface area (Å²) in [5.74, 6) is 0. The molecule has 4 rings (SSSR count). The van der Waals surface area contributed by atoms with Crippen LogP contribution in [0.2, 0.25) is 0 Å². The molecule has 3 aromatic carbocycles. The van der Waals surface area contributed by atoms with Crippen molar-refractivity contribution in [2.75, 3.05) is 5.32 Å². The second-order valence-corrected chi connectivity index (χ2v) is 8.79. The normalized spacial score (nSPS) is 11.6. The fourth-order valence-electron chi connectivity index (χ4n) is 3.87. The predicted molar refractivity (Wildman–Crippen MR) is 125 cm³/mol. The van der Waals surface area contributed by atoms with Gasteiger partial charge in [-0.25, -0.2) is 0 Å². The van der Waals surface area contributed by atoms with E-state index in [2.05, 4.69) is 55.5 Å². The van der Waals surface area contributed by atoms with E-state index >= 15 is 0 Å². The van der Waals surface area contributed by atoms with Crippen LogP contribution < -0.4 is 5.32 Å². The van der Waals surface area contributed by atoms with Gasteiger partial charge >= 0.3 is 0 Å². The van der Waals surface area contributed by atoms with Crippen molar-refractivity contribution < 1.29 is 4.92 Å². The third-order valence-electron chi connectivity index (χ3n) is 5.46. The molecule has 0 spiro atoms. The first kappa shape index (κ1) is 20.6. The van der Waals surface area contributed by atoms with Gasteiger partial charge in [0.2, 0.25) is 0 Å². The Hall–Kier alpha value is -3.67. The van der Waals surface area contributed by atoms with Crippen molar-refractivity contribution >= 4 is 22.1 Å². The molecule has 158 valence electrons. The van der Waals surface area contributed by atoms with E-state index in [9.17, 15) is 10.1 Å². The summed E-state index contributed by atoms with van der Waals surface area (Å²) in [5, 5.41) is 22.0. The van der Waals surface area contributed by atoms with Gasteiger partial charge in [0.05, 0.1) is 10.6 Å². The van der Waals surface area contributed by atoms with Crippen molar-refractivity contribution in [1.82, 2.24) is 9.78 Å². The van der Waals surface area contributed by atoms with Crippen molar-refractivity contribution in [2.24, 2.45) is 7.05 Å². The van der Waals surface area contributed by atoms with E-state index in [1.807, 2.05) is 31.4 Å². The van der Waals surface area contributed by atoms with Gasteiger partial charge in [0.25, 0.3) is 5.69 Å². The molecular formula is C25H26N4O2. The van der Waals surface area contributed by atoms with Gasteiger partial charge in [-0.1, -0.05) is 63.2 Å². The number of rotatable bonds is 5. The van der Waals surface area contributed by atoms with Crippen LogP contribution in [0, 0.1) is 10.1 Å². The first-order valence-corrected chi connectivity index (χ1v) is 10.3.